The van der Waals surface area contributed by atoms with Crippen LogP contribution in [-0.4, -0.2) is 28.1 Å². The first-order chi connectivity index (χ1) is 16.2. The third-order valence-corrected chi connectivity index (χ3v) is 11.6. The number of unbranched alkanes of at least 4 members (excludes halogenated alkanes) is 4. The fourth-order valence-corrected chi connectivity index (χ4v) is 9.71. The molecule has 9 atom stereocenters. The van der Waals surface area contributed by atoms with Crippen LogP contribution in [-0.2, 0) is 9.59 Å². The van der Waals surface area contributed by atoms with E-state index in [1.165, 1.54) is 38.5 Å². The van der Waals surface area contributed by atoms with Crippen LogP contribution in [0.5, 0.6) is 0 Å². The largest absolute Gasteiger partial charge is 0.481 e. The highest BCUT2D eigenvalue weighted by Crippen LogP contribution is 2.68. The minimum absolute atomic E-state index is 0.0757. The Morgan fingerprint density at radius 3 is 2.47 bits per heavy atom. The van der Waals surface area contributed by atoms with Crippen LogP contribution in [0.15, 0.2) is 0 Å². The van der Waals surface area contributed by atoms with Crippen LogP contribution >= 0.6 is 0 Å². The number of hydrogen-bond donors (Lipinski definition) is 2. The van der Waals surface area contributed by atoms with E-state index in [0.717, 1.165) is 51.4 Å². The van der Waals surface area contributed by atoms with Crippen molar-refractivity contribution < 1.29 is 19.8 Å². The van der Waals surface area contributed by atoms with Gasteiger partial charge in [0.05, 0.1) is 6.10 Å². The first-order valence-corrected chi connectivity index (χ1v) is 14.6. The van der Waals surface area contributed by atoms with E-state index in [4.69, 9.17) is 0 Å². The lowest BCUT2D eigenvalue weighted by Crippen LogP contribution is -2.58. The van der Waals surface area contributed by atoms with Gasteiger partial charge in [0.15, 0.2) is 0 Å². The number of carbonyl (C=O) groups is 2. The molecule has 0 aromatic carbocycles. The van der Waals surface area contributed by atoms with E-state index >= 15 is 0 Å². The molecular formula is C30H50O4. The molecule has 0 saturated heterocycles. The second-order valence-electron chi connectivity index (χ2n) is 13.1. The SMILES string of the molecule is CCCCCCCC(CCC(=O)O)C1CC(=O)CC2CC[C@@H]3[C@H](CC[C@]4(C)[C@@H](O)CC[C@@H]34)[C@]21C. The molecule has 0 amide bonds. The van der Waals surface area contributed by atoms with Crippen LogP contribution < -0.4 is 0 Å². The summed E-state index contributed by atoms with van der Waals surface area (Å²) in [4.78, 5) is 24.6. The summed E-state index contributed by atoms with van der Waals surface area (Å²) in [6, 6.07) is 0. The highest BCUT2D eigenvalue weighted by Gasteiger charge is 2.62. The Kier molecular flexibility index (Phi) is 8.17. The van der Waals surface area contributed by atoms with E-state index < -0.39 is 5.97 Å². The van der Waals surface area contributed by atoms with Crippen molar-refractivity contribution in [3.8, 4) is 0 Å². The highest BCUT2D eigenvalue weighted by atomic mass is 16.4. The van der Waals surface area contributed by atoms with E-state index in [9.17, 15) is 19.8 Å². The third kappa shape index (κ3) is 4.74. The summed E-state index contributed by atoms with van der Waals surface area (Å²) >= 11 is 0. The summed E-state index contributed by atoms with van der Waals surface area (Å²) in [5, 5.41) is 20.3. The molecule has 0 aliphatic heterocycles. The molecule has 0 heterocycles. The monoisotopic (exact) mass is 474 g/mol. The number of Topliss-reactive ketones (excluding diaryl/α,β-unsaturated/α-hetero) is 1. The van der Waals surface area contributed by atoms with Gasteiger partial charge in [-0.2, -0.15) is 0 Å². The quantitative estimate of drug-likeness (QED) is 0.333. The first kappa shape index (κ1) is 26.2. The molecule has 4 aliphatic carbocycles. The van der Waals surface area contributed by atoms with Gasteiger partial charge in [0, 0.05) is 19.3 Å². The molecule has 0 aromatic heterocycles. The smallest absolute Gasteiger partial charge is 0.303 e. The third-order valence-electron chi connectivity index (χ3n) is 11.6. The molecule has 0 aromatic rings. The van der Waals surface area contributed by atoms with Crippen molar-refractivity contribution >= 4 is 11.8 Å². The lowest BCUT2D eigenvalue weighted by Gasteiger charge is -2.63. The van der Waals surface area contributed by atoms with Crippen LogP contribution in [0.4, 0.5) is 0 Å². The van der Waals surface area contributed by atoms with Gasteiger partial charge in [-0.3, -0.25) is 9.59 Å². The predicted molar refractivity (Wildman–Crippen MR) is 135 cm³/mol. The molecule has 4 aliphatic rings. The molecule has 194 valence electrons. The summed E-state index contributed by atoms with van der Waals surface area (Å²) in [6.45, 7) is 7.10. The van der Waals surface area contributed by atoms with Gasteiger partial charge >= 0.3 is 5.97 Å². The lowest BCUT2D eigenvalue weighted by atomic mass is 9.41. The second kappa shape index (κ2) is 10.6. The number of aliphatic hydroxyl groups excluding tert-OH is 1. The Morgan fingerprint density at radius 1 is 0.971 bits per heavy atom. The molecule has 4 nitrogen and oxygen atoms in total. The number of rotatable bonds is 10. The standard InChI is InChI=1S/C30H50O4/c1-4-5-6-7-8-9-20(10-15-28(33)34)26-19-22(31)18-21-11-12-23-24-13-14-27(32)29(24,2)17-16-25(23)30(21,26)3/h20-21,23-27,32H,4-19H2,1-3H3,(H,33,34)/t20?,21?,23-,24-,25-,26?,27-,29-,30-/m0/s1. The molecule has 4 heteroatoms. The number of carboxylic acid groups (broad SMARTS) is 1. The van der Waals surface area contributed by atoms with Gasteiger partial charge in [-0.15, -0.1) is 0 Å². The average Bonchev–Trinajstić information content (AvgIpc) is 3.10. The zero-order valence-electron chi connectivity index (χ0n) is 22.1. The van der Waals surface area contributed by atoms with E-state index in [0.29, 0.717) is 47.7 Å². The first-order valence-electron chi connectivity index (χ1n) is 14.6. The Hall–Kier alpha value is -0.900. The van der Waals surface area contributed by atoms with Crippen molar-refractivity contribution in [1.82, 2.24) is 0 Å². The van der Waals surface area contributed by atoms with Crippen molar-refractivity contribution in [3.63, 3.8) is 0 Å². The maximum absolute atomic E-state index is 13.0. The number of aliphatic carboxylic acids is 1. The fraction of sp³-hybridized carbons (Fsp3) is 0.933. The number of hydrogen-bond acceptors (Lipinski definition) is 3. The Morgan fingerprint density at radius 2 is 1.74 bits per heavy atom. The predicted octanol–water partition coefficient (Wildman–Crippen LogP) is 7.03. The Labute approximate surface area is 207 Å². The van der Waals surface area contributed by atoms with Gasteiger partial charge in [-0.25, -0.2) is 0 Å². The average molecular weight is 475 g/mol. The maximum Gasteiger partial charge on any atom is 0.303 e. The zero-order chi connectivity index (χ0) is 24.5. The van der Waals surface area contributed by atoms with E-state index in [1.807, 2.05) is 0 Å². The van der Waals surface area contributed by atoms with Crippen molar-refractivity contribution in [2.45, 2.75) is 130 Å². The topological polar surface area (TPSA) is 74.6 Å². The van der Waals surface area contributed by atoms with Crippen molar-refractivity contribution in [3.05, 3.63) is 0 Å². The summed E-state index contributed by atoms with van der Waals surface area (Å²) in [6.07, 6.45) is 16.2. The molecule has 4 rings (SSSR count). The van der Waals surface area contributed by atoms with Crippen molar-refractivity contribution in [2.24, 2.45) is 46.3 Å². The van der Waals surface area contributed by atoms with Crippen LogP contribution in [0.25, 0.3) is 0 Å². The molecule has 0 spiro atoms. The van der Waals surface area contributed by atoms with E-state index in [-0.39, 0.29) is 23.4 Å². The second-order valence-corrected chi connectivity index (χ2v) is 13.1. The van der Waals surface area contributed by atoms with E-state index in [1.54, 1.807) is 0 Å². The van der Waals surface area contributed by atoms with Gasteiger partial charge in [-0.1, -0.05) is 59.3 Å². The van der Waals surface area contributed by atoms with Crippen LogP contribution in [0, 0.1) is 46.3 Å². The molecule has 4 saturated carbocycles. The summed E-state index contributed by atoms with van der Waals surface area (Å²) in [7, 11) is 0. The maximum atomic E-state index is 13.0. The van der Waals surface area contributed by atoms with Gasteiger partial charge < -0.3 is 10.2 Å². The molecule has 2 N–H and O–H groups in total. The molecule has 0 radical (unpaired) electrons. The molecular weight excluding hydrogens is 424 g/mol. The van der Waals surface area contributed by atoms with Crippen molar-refractivity contribution in [1.29, 1.82) is 0 Å². The van der Waals surface area contributed by atoms with Crippen LogP contribution in [0.1, 0.15) is 124 Å². The van der Waals surface area contributed by atoms with Gasteiger partial charge in [0.1, 0.15) is 5.78 Å². The summed E-state index contributed by atoms with van der Waals surface area (Å²) < 4.78 is 0. The van der Waals surface area contributed by atoms with E-state index in [2.05, 4.69) is 20.8 Å². The summed E-state index contributed by atoms with van der Waals surface area (Å²) in [5.41, 5.74) is 0.213. The molecule has 0 bridgehead atoms. The van der Waals surface area contributed by atoms with Crippen LogP contribution in [0.3, 0.4) is 0 Å². The van der Waals surface area contributed by atoms with Crippen molar-refractivity contribution in [2.75, 3.05) is 0 Å². The fourth-order valence-electron chi connectivity index (χ4n) is 9.71. The van der Waals surface area contributed by atoms with Crippen LogP contribution in [0.2, 0.25) is 0 Å². The Balaban J connectivity index is 1.59. The molecule has 3 unspecified atom stereocenters. The normalized spacial score (nSPS) is 42.5. The number of aliphatic hydroxyl groups is 1. The number of ketones is 1. The molecule has 34 heavy (non-hydrogen) atoms. The Bertz CT molecular complexity index is 733. The number of fused-ring (bicyclic) bond motifs is 5. The highest BCUT2D eigenvalue weighted by molar-refractivity contribution is 5.80. The number of carboxylic acids is 1. The number of carbonyl (C=O) groups excluding carboxylic acids is 1. The van der Waals surface area contributed by atoms with Gasteiger partial charge in [0.2, 0.25) is 0 Å². The molecule has 4 fully saturated rings. The minimum atomic E-state index is -0.699. The summed E-state index contributed by atoms with van der Waals surface area (Å²) in [5.74, 6) is 2.76. The zero-order valence-corrected chi connectivity index (χ0v) is 22.1. The minimum Gasteiger partial charge on any atom is -0.481 e. The lowest BCUT2D eigenvalue weighted by molar-refractivity contribution is -0.165. The van der Waals surface area contributed by atoms with Gasteiger partial charge in [-0.05, 0) is 91.3 Å². The van der Waals surface area contributed by atoms with Gasteiger partial charge in [0.25, 0.3) is 0 Å².